The smallest absolute Gasteiger partial charge is 0.325 e. The number of imide groups is 1. The van der Waals surface area contributed by atoms with Gasteiger partial charge < -0.3 is 15.3 Å². The molecule has 3 aliphatic rings. The highest BCUT2D eigenvalue weighted by Crippen LogP contribution is 2.38. The van der Waals surface area contributed by atoms with E-state index < -0.39 is 23.0 Å². The molecule has 0 bridgehead atoms. The number of likely N-dealkylation sites (tertiary alicyclic amines) is 1. The van der Waals surface area contributed by atoms with Crippen molar-refractivity contribution in [2.75, 3.05) is 19.6 Å². The first-order valence-electron chi connectivity index (χ1n) is 8.85. The van der Waals surface area contributed by atoms with Gasteiger partial charge in [0.25, 0.3) is 5.91 Å². The van der Waals surface area contributed by atoms with Crippen LogP contribution in [0.4, 0.5) is 4.79 Å². The van der Waals surface area contributed by atoms with E-state index in [0.717, 1.165) is 24.2 Å². The van der Waals surface area contributed by atoms with E-state index >= 15 is 0 Å². The molecular formula is C17H25N3O5. The zero-order valence-electron chi connectivity index (χ0n) is 14.7. The number of carbonyl (C=O) groups is 4. The number of rotatable bonds is 3. The summed E-state index contributed by atoms with van der Waals surface area (Å²) in [5.74, 6) is -1.60. The molecule has 138 valence electrons. The van der Waals surface area contributed by atoms with Crippen LogP contribution in [0.5, 0.6) is 0 Å². The molecule has 3 atom stereocenters. The SMILES string of the molecule is CC1CCCCC12NC(=O)N(CC(=O)N1CCC(C)(C(=O)O)C1)C2=O. The van der Waals surface area contributed by atoms with Crippen molar-refractivity contribution in [1.29, 1.82) is 0 Å². The second-order valence-corrected chi connectivity index (χ2v) is 7.87. The number of hydrogen-bond acceptors (Lipinski definition) is 4. The number of amides is 4. The van der Waals surface area contributed by atoms with Gasteiger partial charge in [-0.05, 0) is 32.1 Å². The van der Waals surface area contributed by atoms with E-state index in [1.54, 1.807) is 6.92 Å². The van der Waals surface area contributed by atoms with Crippen molar-refractivity contribution in [3.8, 4) is 0 Å². The maximum Gasteiger partial charge on any atom is 0.325 e. The van der Waals surface area contributed by atoms with Crippen LogP contribution in [0.15, 0.2) is 0 Å². The zero-order valence-corrected chi connectivity index (χ0v) is 14.7. The van der Waals surface area contributed by atoms with E-state index in [1.807, 2.05) is 6.92 Å². The Morgan fingerprint density at radius 2 is 2.00 bits per heavy atom. The van der Waals surface area contributed by atoms with E-state index in [2.05, 4.69) is 5.32 Å². The van der Waals surface area contributed by atoms with Crippen LogP contribution in [0.3, 0.4) is 0 Å². The fourth-order valence-corrected chi connectivity index (χ4v) is 4.22. The van der Waals surface area contributed by atoms with Crippen LogP contribution < -0.4 is 5.32 Å². The summed E-state index contributed by atoms with van der Waals surface area (Å²) in [4.78, 5) is 51.4. The summed E-state index contributed by atoms with van der Waals surface area (Å²) in [5, 5.41) is 12.1. The maximum atomic E-state index is 12.9. The summed E-state index contributed by atoms with van der Waals surface area (Å²) in [5.41, 5.74) is -1.84. The summed E-state index contributed by atoms with van der Waals surface area (Å²) in [6, 6.07) is -0.521. The molecule has 3 rings (SSSR count). The Bertz CT molecular complexity index is 636. The molecule has 0 aromatic carbocycles. The summed E-state index contributed by atoms with van der Waals surface area (Å²) in [6.07, 6.45) is 3.75. The minimum Gasteiger partial charge on any atom is -0.481 e. The number of carbonyl (C=O) groups excluding carboxylic acids is 3. The van der Waals surface area contributed by atoms with Gasteiger partial charge in [-0.3, -0.25) is 19.3 Å². The Hall–Kier alpha value is -2.12. The average molecular weight is 351 g/mol. The molecule has 1 saturated carbocycles. The fourth-order valence-electron chi connectivity index (χ4n) is 4.22. The van der Waals surface area contributed by atoms with Gasteiger partial charge in [0.1, 0.15) is 12.1 Å². The zero-order chi connectivity index (χ0) is 18.4. The number of carboxylic acids is 1. The number of hydrogen-bond donors (Lipinski definition) is 2. The second kappa shape index (κ2) is 6.00. The van der Waals surface area contributed by atoms with Crippen molar-refractivity contribution in [2.45, 2.75) is 51.5 Å². The lowest BCUT2D eigenvalue weighted by Crippen LogP contribution is -2.54. The molecule has 2 saturated heterocycles. The number of nitrogens with one attached hydrogen (secondary N) is 1. The fraction of sp³-hybridized carbons (Fsp3) is 0.765. The molecule has 2 N–H and O–H groups in total. The maximum absolute atomic E-state index is 12.9. The predicted molar refractivity (Wildman–Crippen MR) is 87.5 cm³/mol. The molecule has 8 heteroatoms. The Kier molecular flexibility index (Phi) is 4.25. The van der Waals surface area contributed by atoms with E-state index in [0.29, 0.717) is 19.4 Å². The van der Waals surface area contributed by atoms with Crippen LogP contribution >= 0.6 is 0 Å². The molecule has 25 heavy (non-hydrogen) atoms. The van der Waals surface area contributed by atoms with Gasteiger partial charge in [-0.15, -0.1) is 0 Å². The highest BCUT2D eigenvalue weighted by atomic mass is 16.4. The van der Waals surface area contributed by atoms with Crippen molar-refractivity contribution in [2.24, 2.45) is 11.3 Å². The Labute approximate surface area is 146 Å². The van der Waals surface area contributed by atoms with E-state index in [1.165, 1.54) is 4.90 Å². The topological polar surface area (TPSA) is 107 Å². The molecular weight excluding hydrogens is 326 g/mol. The van der Waals surface area contributed by atoms with Crippen LogP contribution in [-0.4, -0.2) is 63.9 Å². The summed E-state index contributed by atoms with van der Waals surface area (Å²) >= 11 is 0. The summed E-state index contributed by atoms with van der Waals surface area (Å²) in [7, 11) is 0. The van der Waals surface area contributed by atoms with Gasteiger partial charge in [-0.25, -0.2) is 4.79 Å². The molecule has 0 aromatic heterocycles. The molecule has 4 amide bonds. The first-order valence-corrected chi connectivity index (χ1v) is 8.85. The lowest BCUT2D eigenvalue weighted by atomic mass is 9.73. The van der Waals surface area contributed by atoms with Crippen molar-refractivity contribution < 1.29 is 24.3 Å². The Balaban J connectivity index is 1.69. The minimum atomic E-state index is -0.966. The first kappa shape index (κ1) is 17.7. The standard InChI is InChI=1S/C17H25N3O5/c1-11-5-3-4-6-17(11)13(22)20(15(25)18-17)9-12(21)19-8-7-16(2,10-19)14(23)24/h11H,3-10H2,1-2H3,(H,18,25)(H,23,24). The third kappa shape index (κ3) is 2.77. The molecule has 1 spiro atoms. The largest absolute Gasteiger partial charge is 0.481 e. The molecule has 0 radical (unpaired) electrons. The molecule has 2 heterocycles. The first-order chi connectivity index (χ1) is 11.7. The third-order valence-corrected chi connectivity index (χ3v) is 6.14. The van der Waals surface area contributed by atoms with Crippen molar-refractivity contribution >= 4 is 23.8 Å². The minimum absolute atomic E-state index is 0.0416. The highest BCUT2D eigenvalue weighted by molar-refractivity contribution is 6.09. The summed E-state index contributed by atoms with van der Waals surface area (Å²) < 4.78 is 0. The number of carboxylic acid groups (broad SMARTS) is 1. The molecule has 1 aliphatic carbocycles. The van der Waals surface area contributed by atoms with Gasteiger partial charge in [-0.1, -0.05) is 19.8 Å². The van der Waals surface area contributed by atoms with Gasteiger partial charge in [0.15, 0.2) is 0 Å². The van der Waals surface area contributed by atoms with Gasteiger partial charge in [-0.2, -0.15) is 0 Å². The van der Waals surface area contributed by atoms with E-state index in [9.17, 15) is 24.3 Å². The van der Waals surface area contributed by atoms with Crippen molar-refractivity contribution in [3.05, 3.63) is 0 Å². The van der Waals surface area contributed by atoms with Crippen LogP contribution in [0.2, 0.25) is 0 Å². The Morgan fingerprint density at radius 1 is 1.28 bits per heavy atom. The van der Waals surface area contributed by atoms with Crippen molar-refractivity contribution in [3.63, 3.8) is 0 Å². The molecule has 2 aliphatic heterocycles. The van der Waals surface area contributed by atoms with Crippen LogP contribution in [0.25, 0.3) is 0 Å². The second-order valence-electron chi connectivity index (χ2n) is 7.87. The van der Waals surface area contributed by atoms with Gasteiger partial charge in [0, 0.05) is 13.1 Å². The molecule has 0 aromatic rings. The Morgan fingerprint density at radius 3 is 2.60 bits per heavy atom. The highest BCUT2D eigenvalue weighted by Gasteiger charge is 2.55. The van der Waals surface area contributed by atoms with Crippen LogP contribution in [0.1, 0.15) is 46.0 Å². The number of aliphatic carboxylic acids is 1. The quantitative estimate of drug-likeness (QED) is 0.732. The van der Waals surface area contributed by atoms with Crippen LogP contribution in [0, 0.1) is 11.3 Å². The van der Waals surface area contributed by atoms with Crippen molar-refractivity contribution in [1.82, 2.24) is 15.1 Å². The third-order valence-electron chi connectivity index (χ3n) is 6.14. The number of nitrogens with zero attached hydrogens (tertiary/aromatic N) is 2. The van der Waals surface area contributed by atoms with E-state index in [4.69, 9.17) is 0 Å². The lowest BCUT2D eigenvalue weighted by molar-refractivity contribution is -0.148. The lowest BCUT2D eigenvalue weighted by Gasteiger charge is -2.36. The van der Waals surface area contributed by atoms with Gasteiger partial charge >= 0.3 is 12.0 Å². The molecule has 3 fully saturated rings. The molecule has 8 nitrogen and oxygen atoms in total. The van der Waals surface area contributed by atoms with Gasteiger partial charge in [0.2, 0.25) is 5.91 Å². The summed E-state index contributed by atoms with van der Waals surface area (Å²) in [6.45, 7) is 3.67. The van der Waals surface area contributed by atoms with Gasteiger partial charge in [0.05, 0.1) is 5.41 Å². The predicted octanol–water partition coefficient (Wildman–Crippen LogP) is 0.810. The monoisotopic (exact) mass is 351 g/mol. The van der Waals surface area contributed by atoms with E-state index in [-0.39, 0.29) is 30.8 Å². The average Bonchev–Trinajstić information content (AvgIpc) is 3.06. The van der Waals surface area contributed by atoms with Crippen LogP contribution in [-0.2, 0) is 14.4 Å². The molecule has 3 unspecified atom stereocenters. The normalized spacial score (nSPS) is 35.4. The number of urea groups is 1.